The van der Waals surface area contributed by atoms with Gasteiger partial charge in [-0.3, -0.25) is 0 Å². The van der Waals surface area contributed by atoms with E-state index in [0.29, 0.717) is 18.0 Å². The fourth-order valence-corrected chi connectivity index (χ4v) is 4.41. The van der Waals surface area contributed by atoms with Crippen molar-refractivity contribution in [1.29, 1.82) is 0 Å². The van der Waals surface area contributed by atoms with Crippen molar-refractivity contribution in [3.8, 4) is 0 Å². The molecule has 2 unspecified atom stereocenters. The second-order valence-electron chi connectivity index (χ2n) is 6.31. The zero-order chi connectivity index (χ0) is 13.7. The summed E-state index contributed by atoms with van der Waals surface area (Å²) in [5.41, 5.74) is 0.176. The van der Waals surface area contributed by atoms with E-state index in [9.17, 15) is 0 Å². The topological polar surface area (TPSA) is 30.5 Å². The molecule has 2 fully saturated rings. The van der Waals surface area contributed by atoms with E-state index in [1.165, 1.54) is 30.8 Å². The van der Waals surface area contributed by atoms with Crippen molar-refractivity contribution in [1.82, 2.24) is 5.32 Å². The SMILES string of the molecule is COCC(NC1CCOC2(CCSCC2)C1)C(C)C. The molecule has 0 aromatic rings. The summed E-state index contributed by atoms with van der Waals surface area (Å²) in [7, 11) is 1.79. The smallest absolute Gasteiger partial charge is 0.0713 e. The highest BCUT2D eigenvalue weighted by Gasteiger charge is 2.39. The van der Waals surface area contributed by atoms with Crippen LogP contribution in [0.3, 0.4) is 0 Å². The van der Waals surface area contributed by atoms with Crippen LogP contribution >= 0.6 is 11.8 Å². The molecule has 0 radical (unpaired) electrons. The van der Waals surface area contributed by atoms with Crippen LogP contribution in [0.4, 0.5) is 0 Å². The minimum atomic E-state index is 0.176. The third-order valence-corrected chi connectivity index (χ3v) is 5.48. The Morgan fingerprint density at radius 2 is 2.11 bits per heavy atom. The highest BCUT2D eigenvalue weighted by molar-refractivity contribution is 7.99. The van der Waals surface area contributed by atoms with E-state index in [0.717, 1.165) is 19.6 Å². The molecule has 0 aliphatic carbocycles. The fourth-order valence-electron chi connectivity index (χ4n) is 3.18. The molecule has 2 heterocycles. The molecule has 2 saturated heterocycles. The van der Waals surface area contributed by atoms with Crippen LogP contribution in [-0.4, -0.2) is 49.5 Å². The lowest BCUT2D eigenvalue weighted by atomic mass is 9.85. The number of ether oxygens (including phenoxy) is 2. The van der Waals surface area contributed by atoms with E-state index in [1.54, 1.807) is 7.11 Å². The molecule has 112 valence electrons. The Kier molecular flexibility index (Phi) is 6.00. The zero-order valence-corrected chi connectivity index (χ0v) is 13.4. The molecule has 0 aromatic heterocycles. The molecule has 0 aromatic carbocycles. The number of hydrogen-bond acceptors (Lipinski definition) is 4. The molecular weight excluding hydrogens is 258 g/mol. The van der Waals surface area contributed by atoms with Crippen molar-refractivity contribution in [3.63, 3.8) is 0 Å². The van der Waals surface area contributed by atoms with Crippen LogP contribution in [0.5, 0.6) is 0 Å². The number of methoxy groups -OCH3 is 1. The largest absolute Gasteiger partial charge is 0.383 e. The summed E-state index contributed by atoms with van der Waals surface area (Å²) in [6.07, 6.45) is 4.78. The average Bonchev–Trinajstić information content (AvgIpc) is 2.39. The van der Waals surface area contributed by atoms with E-state index in [4.69, 9.17) is 9.47 Å². The Morgan fingerprint density at radius 3 is 2.74 bits per heavy atom. The van der Waals surface area contributed by atoms with Gasteiger partial charge in [0.25, 0.3) is 0 Å². The molecular formula is C15H29NO2S. The monoisotopic (exact) mass is 287 g/mol. The van der Waals surface area contributed by atoms with Crippen molar-refractivity contribution in [2.24, 2.45) is 5.92 Å². The van der Waals surface area contributed by atoms with Gasteiger partial charge in [0.15, 0.2) is 0 Å². The predicted molar refractivity (Wildman–Crippen MR) is 81.9 cm³/mol. The Morgan fingerprint density at radius 1 is 1.37 bits per heavy atom. The summed E-state index contributed by atoms with van der Waals surface area (Å²) in [6.45, 7) is 6.25. The third-order valence-electron chi connectivity index (χ3n) is 4.50. The van der Waals surface area contributed by atoms with Gasteiger partial charge in [-0.2, -0.15) is 11.8 Å². The highest BCUT2D eigenvalue weighted by Crippen LogP contribution is 2.37. The lowest BCUT2D eigenvalue weighted by molar-refractivity contribution is -0.0954. The van der Waals surface area contributed by atoms with Gasteiger partial charge in [0.05, 0.1) is 12.2 Å². The number of nitrogens with one attached hydrogen (secondary N) is 1. The van der Waals surface area contributed by atoms with Crippen LogP contribution in [0.1, 0.15) is 39.5 Å². The van der Waals surface area contributed by atoms with E-state index in [1.807, 2.05) is 0 Å². The predicted octanol–water partition coefficient (Wildman–Crippen LogP) is 2.69. The van der Waals surface area contributed by atoms with E-state index < -0.39 is 0 Å². The average molecular weight is 287 g/mol. The van der Waals surface area contributed by atoms with E-state index in [-0.39, 0.29) is 5.60 Å². The molecule has 0 saturated carbocycles. The molecule has 0 amide bonds. The van der Waals surface area contributed by atoms with Crippen molar-refractivity contribution in [2.75, 3.05) is 31.8 Å². The molecule has 3 nitrogen and oxygen atoms in total. The molecule has 2 rings (SSSR count). The van der Waals surface area contributed by atoms with Gasteiger partial charge in [-0.15, -0.1) is 0 Å². The lowest BCUT2D eigenvalue weighted by Crippen LogP contribution is -2.53. The van der Waals surface area contributed by atoms with Crippen LogP contribution in [0.2, 0.25) is 0 Å². The summed E-state index contributed by atoms with van der Waals surface area (Å²) in [5.74, 6) is 3.14. The van der Waals surface area contributed by atoms with Crippen LogP contribution in [0.25, 0.3) is 0 Å². The van der Waals surface area contributed by atoms with Crippen LogP contribution in [-0.2, 0) is 9.47 Å². The molecule has 1 N–H and O–H groups in total. The molecule has 2 aliphatic heterocycles. The first-order valence-electron chi connectivity index (χ1n) is 7.62. The van der Waals surface area contributed by atoms with E-state index >= 15 is 0 Å². The van der Waals surface area contributed by atoms with Crippen molar-refractivity contribution < 1.29 is 9.47 Å². The van der Waals surface area contributed by atoms with Crippen LogP contribution in [0.15, 0.2) is 0 Å². The second-order valence-corrected chi connectivity index (χ2v) is 7.53. The maximum Gasteiger partial charge on any atom is 0.0713 e. The molecule has 2 aliphatic rings. The Hall–Kier alpha value is 0.230. The van der Waals surface area contributed by atoms with Gasteiger partial charge in [0.1, 0.15) is 0 Å². The number of thioether (sulfide) groups is 1. The summed E-state index contributed by atoms with van der Waals surface area (Å²) in [4.78, 5) is 0. The Labute approximate surface area is 122 Å². The molecule has 4 heteroatoms. The molecule has 0 bridgehead atoms. The van der Waals surface area contributed by atoms with Gasteiger partial charge in [-0.25, -0.2) is 0 Å². The lowest BCUT2D eigenvalue weighted by Gasteiger charge is -2.44. The number of rotatable bonds is 5. The van der Waals surface area contributed by atoms with Crippen molar-refractivity contribution in [2.45, 2.75) is 57.2 Å². The Balaban J connectivity index is 1.89. The van der Waals surface area contributed by atoms with Gasteiger partial charge in [-0.05, 0) is 43.1 Å². The highest BCUT2D eigenvalue weighted by atomic mass is 32.2. The van der Waals surface area contributed by atoms with Gasteiger partial charge in [0.2, 0.25) is 0 Å². The maximum absolute atomic E-state index is 6.15. The summed E-state index contributed by atoms with van der Waals surface area (Å²) in [6, 6.07) is 1.06. The fraction of sp³-hybridized carbons (Fsp3) is 1.00. The standard InChI is InChI=1S/C15H29NO2S/c1-12(2)14(11-17-3)16-13-4-7-18-15(10-13)5-8-19-9-6-15/h12-14,16H,4-11H2,1-3H3. The normalized spacial score (nSPS) is 28.7. The van der Waals surface area contributed by atoms with Crippen molar-refractivity contribution >= 4 is 11.8 Å². The molecule has 1 spiro atoms. The first-order chi connectivity index (χ1) is 9.15. The van der Waals surface area contributed by atoms with Gasteiger partial charge < -0.3 is 14.8 Å². The molecule has 2 atom stereocenters. The summed E-state index contributed by atoms with van der Waals surface area (Å²) in [5, 5.41) is 3.82. The Bertz CT molecular complexity index is 261. The summed E-state index contributed by atoms with van der Waals surface area (Å²) >= 11 is 2.07. The maximum atomic E-state index is 6.15. The first-order valence-corrected chi connectivity index (χ1v) is 8.77. The third kappa shape index (κ3) is 4.35. The van der Waals surface area contributed by atoms with Crippen LogP contribution in [0, 0.1) is 5.92 Å². The minimum absolute atomic E-state index is 0.176. The quantitative estimate of drug-likeness (QED) is 0.842. The first kappa shape index (κ1) is 15.6. The molecule has 19 heavy (non-hydrogen) atoms. The summed E-state index contributed by atoms with van der Waals surface area (Å²) < 4.78 is 11.5. The number of hydrogen-bond donors (Lipinski definition) is 1. The van der Waals surface area contributed by atoms with Gasteiger partial charge in [0, 0.05) is 25.8 Å². The zero-order valence-electron chi connectivity index (χ0n) is 12.6. The van der Waals surface area contributed by atoms with Gasteiger partial charge in [-0.1, -0.05) is 13.8 Å². The van der Waals surface area contributed by atoms with E-state index in [2.05, 4.69) is 30.9 Å². The van der Waals surface area contributed by atoms with Crippen molar-refractivity contribution in [3.05, 3.63) is 0 Å². The van der Waals surface area contributed by atoms with Gasteiger partial charge >= 0.3 is 0 Å². The minimum Gasteiger partial charge on any atom is -0.383 e. The second kappa shape index (κ2) is 7.30. The van der Waals surface area contributed by atoms with Crippen LogP contribution < -0.4 is 5.32 Å².